The number of hydrogen-bond donors (Lipinski definition) is 0. The molecule has 0 atom stereocenters. The van der Waals surface area contributed by atoms with E-state index in [-0.39, 0.29) is 17.1 Å². The lowest BCUT2D eigenvalue weighted by Gasteiger charge is -2.27. The lowest BCUT2D eigenvalue weighted by atomic mass is 10.1. The standard InChI is InChI=1S/C15H16ClN3O/c1-11(2)19(10-12-5-3-7-17-9-12)15(20)13-6-4-8-18-14(13)16/h3-9,11H,10H2,1-2H3. The number of carbonyl (C=O) groups excluding carboxylic acids is 1. The molecule has 2 heterocycles. The summed E-state index contributed by atoms with van der Waals surface area (Å²) in [6.45, 7) is 4.44. The van der Waals surface area contributed by atoms with Gasteiger partial charge in [-0.1, -0.05) is 17.7 Å². The molecule has 0 N–H and O–H groups in total. The van der Waals surface area contributed by atoms with Gasteiger partial charge in [-0.3, -0.25) is 9.78 Å². The minimum absolute atomic E-state index is 0.0546. The van der Waals surface area contributed by atoms with Crippen LogP contribution in [0.2, 0.25) is 5.15 Å². The molecule has 0 aliphatic heterocycles. The molecule has 0 saturated heterocycles. The normalized spacial score (nSPS) is 10.6. The molecule has 0 fully saturated rings. The van der Waals surface area contributed by atoms with Crippen molar-refractivity contribution >= 4 is 17.5 Å². The highest BCUT2D eigenvalue weighted by Gasteiger charge is 2.21. The Morgan fingerprint density at radius 2 is 2.05 bits per heavy atom. The first kappa shape index (κ1) is 14.5. The molecule has 1 amide bonds. The zero-order valence-corrected chi connectivity index (χ0v) is 12.2. The molecule has 0 aromatic carbocycles. The summed E-state index contributed by atoms with van der Waals surface area (Å²) in [5, 5.41) is 0.231. The van der Waals surface area contributed by atoms with Crippen LogP contribution in [0, 0.1) is 0 Å². The van der Waals surface area contributed by atoms with Gasteiger partial charge in [-0.05, 0) is 37.6 Å². The Morgan fingerprint density at radius 3 is 2.65 bits per heavy atom. The first-order valence-electron chi connectivity index (χ1n) is 6.40. The van der Waals surface area contributed by atoms with Crippen molar-refractivity contribution < 1.29 is 4.79 Å². The van der Waals surface area contributed by atoms with E-state index in [1.807, 2.05) is 26.0 Å². The first-order valence-corrected chi connectivity index (χ1v) is 6.77. The quantitative estimate of drug-likeness (QED) is 0.812. The average molecular weight is 290 g/mol. The zero-order valence-electron chi connectivity index (χ0n) is 11.5. The summed E-state index contributed by atoms with van der Waals surface area (Å²) in [6.07, 6.45) is 5.04. The van der Waals surface area contributed by atoms with Gasteiger partial charge in [0.2, 0.25) is 0 Å². The number of amides is 1. The summed E-state index contributed by atoms with van der Waals surface area (Å²) >= 11 is 6.00. The fourth-order valence-electron chi connectivity index (χ4n) is 1.88. The van der Waals surface area contributed by atoms with Gasteiger partial charge in [-0.25, -0.2) is 4.98 Å². The van der Waals surface area contributed by atoms with E-state index in [9.17, 15) is 4.79 Å². The fraction of sp³-hybridized carbons (Fsp3) is 0.267. The molecule has 5 heteroatoms. The van der Waals surface area contributed by atoms with Gasteiger partial charge in [-0.2, -0.15) is 0 Å². The molecule has 2 aromatic heterocycles. The Morgan fingerprint density at radius 1 is 1.30 bits per heavy atom. The zero-order chi connectivity index (χ0) is 14.5. The molecule has 0 aliphatic rings. The molecular formula is C15H16ClN3O. The summed E-state index contributed by atoms with van der Waals surface area (Å²) in [6, 6.07) is 7.26. The van der Waals surface area contributed by atoms with Gasteiger partial charge in [0.15, 0.2) is 0 Å². The van der Waals surface area contributed by atoms with Crippen LogP contribution in [0.15, 0.2) is 42.9 Å². The summed E-state index contributed by atoms with van der Waals surface area (Å²) in [5.74, 6) is -0.123. The summed E-state index contributed by atoms with van der Waals surface area (Å²) in [5.41, 5.74) is 1.40. The third-order valence-corrected chi connectivity index (χ3v) is 3.25. The van der Waals surface area contributed by atoms with E-state index in [1.165, 1.54) is 0 Å². The maximum absolute atomic E-state index is 12.6. The Kier molecular flexibility index (Phi) is 4.69. The molecule has 104 valence electrons. The van der Waals surface area contributed by atoms with Crippen LogP contribution < -0.4 is 0 Å². The largest absolute Gasteiger partial charge is 0.332 e. The van der Waals surface area contributed by atoms with Gasteiger partial charge in [0.05, 0.1) is 5.56 Å². The second-order valence-corrected chi connectivity index (χ2v) is 5.09. The van der Waals surface area contributed by atoms with E-state index >= 15 is 0 Å². The van der Waals surface area contributed by atoms with Gasteiger partial charge in [0, 0.05) is 31.2 Å². The highest BCUT2D eigenvalue weighted by Crippen LogP contribution is 2.17. The summed E-state index contributed by atoms with van der Waals surface area (Å²) in [4.78, 5) is 22.4. The monoisotopic (exact) mass is 289 g/mol. The van der Waals surface area contributed by atoms with Crippen LogP contribution in [0.5, 0.6) is 0 Å². The Labute approximate surface area is 123 Å². The van der Waals surface area contributed by atoms with E-state index in [1.54, 1.807) is 35.6 Å². The van der Waals surface area contributed by atoms with Crippen molar-refractivity contribution in [1.82, 2.24) is 14.9 Å². The highest BCUT2D eigenvalue weighted by atomic mass is 35.5. The number of hydrogen-bond acceptors (Lipinski definition) is 3. The van der Waals surface area contributed by atoms with Crippen LogP contribution in [0.1, 0.15) is 29.8 Å². The number of halogens is 1. The molecule has 2 rings (SSSR count). The van der Waals surface area contributed by atoms with Gasteiger partial charge < -0.3 is 4.90 Å². The minimum Gasteiger partial charge on any atom is -0.332 e. The van der Waals surface area contributed by atoms with Crippen molar-refractivity contribution in [3.8, 4) is 0 Å². The number of aromatic nitrogens is 2. The fourth-order valence-corrected chi connectivity index (χ4v) is 2.08. The Bertz CT molecular complexity index is 587. The third-order valence-electron chi connectivity index (χ3n) is 2.95. The van der Waals surface area contributed by atoms with Crippen LogP contribution >= 0.6 is 11.6 Å². The first-order chi connectivity index (χ1) is 9.59. The van der Waals surface area contributed by atoms with Crippen LogP contribution in [-0.2, 0) is 6.54 Å². The molecular weight excluding hydrogens is 274 g/mol. The van der Waals surface area contributed by atoms with Crippen molar-refractivity contribution in [2.45, 2.75) is 26.4 Å². The van der Waals surface area contributed by atoms with Crippen molar-refractivity contribution in [3.63, 3.8) is 0 Å². The molecule has 0 aliphatic carbocycles. The predicted molar refractivity (Wildman–Crippen MR) is 78.5 cm³/mol. The van der Waals surface area contributed by atoms with E-state index in [0.29, 0.717) is 12.1 Å². The van der Waals surface area contributed by atoms with Crippen LogP contribution in [0.3, 0.4) is 0 Å². The van der Waals surface area contributed by atoms with Crippen molar-refractivity contribution in [2.75, 3.05) is 0 Å². The number of pyridine rings is 2. The van der Waals surface area contributed by atoms with Crippen LogP contribution in [0.25, 0.3) is 0 Å². The topological polar surface area (TPSA) is 46.1 Å². The number of rotatable bonds is 4. The van der Waals surface area contributed by atoms with Gasteiger partial charge in [0.1, 0.15) is 5.15 Å². The third kappa shape index (κ3) is 3.33. The lowest BCUT2D eigenvalue weighted by Crippen LogP contribution is -2.36. The molecule has 2 aromatic rings. The van der Waals surface area contributed by atoms with Crippen LogP contribution in [0.4, 0.5) is 0 Å². The van der Waals surface area contributed by atoms with Gasteiger partial charge >= 0.3 is 0 Å². The van der Waals surface area contributed by atoms with E-state index in [0.717, 1.165) is 5.56 Å². The van der Waals surface area contributed by atoms with Gasteiger partial charge in [0.25, 0.3) is 5.91 Å². The second-order valence-electron chi connectivity index (χ2n) is 4.73. The molecule has 0 radical (unpaired) electrons. The van der Waals surface area contributed by atoms with Crippen molar-refractivity contribution in [1.29, 1.82) is 0 Å². The maximum Gasteiger partial charge on any atom is 0.257 e. The van der Waals surface area contributed by atoms with E-state index in [4.69, 9.17) is 11.6 Å². The van der Waals surface area contributed by atoms with Crippen LogP contribution in [-0.4, -0.2) is 26.8 Å². The Balaban J connectivity index is 2.25. The van der Waals surface area contributed by atoms with E-state index < -0.39 is 0 Å². The Hall–Kier alpha value is -1.94. The average Bonchev–Trinajstić information content (AvgIpc) is 2.45. The summed E-state index contributed by atoms with van der Waals surface area (Å²) < 4.78 is 0. The lowest BCUT2D eigenvalue weighted by molar-refractivity contribution is 0.0690. The summed E-state index contributed by atoms with van der Waals surface area (Å²) in [7, 11) is 0. The maximum atomic E-state index is 12.6. The van der Waals surface area contributed by atoms with Crippen molar-refractivity contribution in [2.24, 2.45) is 0 Å². The number of carbonyl (C=O) groups is 1. The van der Waals surface area contributed by atoms with Gasteiger partial charge in [-0.15, -0.1) is 0 Å². The molecule has 0 spiro atoms. The second kappa shape index (κ2) is 6.48. The predicted octanol–water partition coefficient (Wildman–Crippen LogP) is 3.18. The SMILES string of the molecule is CC(C)N(Cc1cccnc1)C(=O)c1cccnc1Cl. The molecule has 20 heavy (non-hydrogen) atoms. The molecule has 0 bridgehead atoms. The van der Waals surface area contributed by atoms with Crippen molar-refractivity contribution in [3.05, 3.63) is 59.1 Å². The number of nitrogens with zero attached hydrogens (tertiary/aromatic N) is 3. The van der Waals surface area contributed by atoms with E-state index in [2.05, 4.69) is 9.97 Å². The molecule has 0 saturated carbocycles. The molecule has 4 nitrogen and oxygen atoms in total. The minimum atomic E-state index is -0.123. The highest BCUT2D eigenvalue weighted by molar-refractivity contribution is 6.32. The molecule has 0 unspecified atom stereocenters. The smallest absolute Gasteiger partial charge is 0.257 e.